The third-order valence-electron chi connectivity index (χ3n) is 4.13. The largest absolute Gasteiger partial charge is 0.354 e. The van der Waals surface area contributed by atoms with Gasteiger partial charge in [-0.25, -0.2) is 0 Å². The number of para-hydroxylation sites is 1. The first kappa shape index (κ1) is 10.1. The van der Waals surface area contributed by atoms with Gasteiger partial charge in [0.2, 0.25) is 0 Å². The number of aromatic amines is 2. The molecule has 2 nitrogen and oxygen atoms in total. The van der Waals surface area contributed by atoms with E-state index < -0.39 is 0 Å². The Kier molecular flexibility index (Phi) is 1.73. The predicted molar refractivity (Wildman–Crippen MR) is 85.2 cm³/mol. The number of aromatic nitrogens is 2. The fourth-order valence-corrected chi connectivity index (χ4v) is 3.30. The van der Waals surface area contributed by atoms with Gasteiger partial charge in [-0.2, -0.15) is 0 Å². The Morgan fingerprint density at radius 3 is 1.85 bits per heavy atom. The lowest BCUT2D eigenvalue weighted by Crippen LogP contribution is -1.75. The second-order valence-corrected chi connectivity index (χ2v) is 5.25. The molecule has 0 aliphatic carbocycles. The molecule has 2 aromatic heterocycles. The minimum atomic E-state index is 1.17. The van der Waals surface area contributed by atoms with Crippen LogP contribution in [0.25, 0.3) is 43.6 Å². The van der Waals surface area contributed by atoms with Crippen LogP contribution in [-0.4, -0.2) is 9.97 Å². The van der Waals surface area contributed by atoms with Gasteiger partial charge in [-0.1, -0.05) is 36.4 Å². The lowest BCUT2D eigenvalue weighted by atomic mass is 10.1. The Balaban J connectivity index is 2.32. The number of hydrogen-bond acceptors (Lipinski definition) is 0. The van der Waals surface area contributed by atoms with Crippen molar-refractivity contribution in [3.05, 3.63) is 60.7 Å². The summed E-state index contributed by atoms with van der Waals surface area (Å²) in [6.45, 7) is 0. The van der Waals surface area contributed by atoms with Gasteiger partial charge in [0.25, 0.3) is 0 Å². The van der Waals surface area contributed by atoms with Crippen LogP contribution in [0.3, 0.4) is 0 Å². The Labute approximate surface area is 115 Å². The molecule has 0 spiro atoms. The molecule has 5 aromatic rings. The second-order valence-electron chi connectivity index (χ2n) is 5.25. The van der Waals surface area contributed by atoms with Gasteiger partial charge in [-0.15, -0.1) is 0 Å². The van der Waals surface area contributed by atoms with Crippen LogP contribution in [0.2, 0.25) is 0 Å². The summed E-state index contributed by atoms with van der Waals surface area (Å²) in [4.78, 5) is 7.10. The maximum absolute atomic E-state index is 3.58. The van der Waals surface area contributed by atoms with Crippen molar-refractivity contribution in [3.8, 4) is 0 Å². The molecule has 0 atom stereocenters. The minimum Gasteiger partial charge on any atom is -0.354 e. The van der Waals surface area contributed by atoms with Gasteiger partial charge in [-0.05, 0) is 29.7 Å². The average molecular weight is 256 g/mol. The number of rotatable bonds is 0. The van der Waals surface area contributed by atoms with Gasteiger partial charge in [0.1, 0.15) is 0 Å². The second kappa shape index (κ2) is 3.42. The molecule has 0 fully saturated rings. The van der Waals surface area contributed by atoms with Gasteiger partial charge in [-0.3, -0.25) is 0 Å². The summed E-state index contributed by atoms with van der Waals surface area (Å²) < 4.78 is 0. The number of nitrogens with one attached hydrogen (secondary N) is 2. The molecule has 0 saturated carbocycles. The van der Waals surface area contributed by atoms with E-state index in [0.717, 1.165) is 0 Å². The van der Waals surface area contributed by atoms with Crippen LogP contribution in [-0.2, 0) is 0 Å². The highest BCUT2D eigenvalue weighted by Crippen LogP contribution is 2.35. The van der Waals surface area contributed by atoms with Crippen molar-refractivity contribution in [1.29, 1.82) is 0 Å². The highest BCUT2D eigenvalue weighted by atomic mass is 14.7. The molecular weight excluding hydrogens is 244 g/mol. The van der Waals surface area contributed by atoms with Gasteiger partial charge in [0.05, 0.1) is 0 Å². The molecule has 0 saturated heterocycles. The Bertz CT molecular complexity index is 1100. The molecular formula is C18H12N2. The standard InChI is InChI=1S/C18H12N2/c1-2-7-13-11(5-1)12-6-3-8-14-17(12)18-15(19-13)9-4-10-16(18)20-14/h1-10,19-20H. The van der Waals surface area contributed by atoms with Crippen LogP contribution >= 0.6 is 0 Å². The van der Waals surface area contributed by atoms with Crippen LogP contribution in [0.1, 0.15) is 0 Å². The highest BCUT2D eigenvalue weighted by Gasteiger charge is 2.11. The van der Waals surface area contributed by atoms with Crippen LogP contribution in [0.15, 0.2) is 60.7 Å². The molecule has 0 bridgehead atoms. The maximum Gasteiger partial charge on any atom is 0.0486 e. The number of benzene rings is 3. The Morgan fingerprint density at radius 2 is 1.00 bits per heavy atom. The first-order valence-corrected chi connectivity index (χ1v) is 6.82. The summed E-state index contributed by atoms with van der Waals surface area (Å²) in [5, 5.41) is 5.15. The van der Waals surface area contributed by atoms with Gasteiger partial charge in [0, 0.05) is 38.2 Å². The van der Waals surface area contributed by atoms with Crippen molar-refractivity contribution < 1.29 is 0 Å². The van der Waals surface area contributed by atoms with Crippen molar-refractivity contribution in [1.82, 2.24) is 9.97 Å². The van der Waals surface area contributed by atoms with Crippen LogP contribution in [0.5, 0.6) is 0 Å². The molecule has 94 valence electrons. The molecule has 0 amide bonds. The smallest absolute Gasteiger partial charge is 0.0486 e. The molecule has 2 N–H and O–H groups in total. The van der Waals surface area contributed by atoms with Gasteiger partial charge >= 0.3 is 0 Å². The van der Waals surface area contributed by atoms with E-state index in [1.165, 1.54) is 43.6 Å². The summed E-state index contributed by atoms with van der Waals surface area (Å²) in [6, 6.07) is 21.4. The minimum absolute atomic E-state index is 1.17. The third-order valence-corrected chi connectivity index (χ3v) is 4.13. The zero-order chi connectivity index (χ0) is 13.1. The summed E-state index contributed by atoms with van der Waals surface area (Å²) >= 11 is 0. The quantitative estimate of drug-likeness (QED) is 0.392. The van der Waals surface area contributed by atoms with Crippen molar-refractivity contribution in [2.24, 2.45) is 0 Å². The molecule has 3 aromatic carbocycles. The molecule has 0 aliphatic heterocycles. The highest BCUT2D eigenvalue weighted by molar-refractivity contribution is 6.26. The first-order chi connectivity index (χ1) is 9.92. The fourth-order valence-electron chi connectivity index (χ4n) is 3.30. The Morgan fingerprint density at radius 1 is 0.450 bits per heavy atom. The molecule has 20 heavy (non-hydrogen) atoms. The summed E-state index contributed by atoms with van der Waals surface area (Å²) in [6.07, 6.45) is 0. The lowest BCUT2D eigenvalue weighted by molar-refractivity contribution is 1.51. The zero-order valence-electron chi connectivity index (χ0n) is 10.8. The number of fused-ring (bicyclic) bond motifs is 2. The molecule has 2 heteroatoms. The van der Waals surface area contributed by atoms with Crippen molar-refractivity contribution in [2.75, 3.05) is 0 Å². The van der Waals surface area contributed by atoms with E-state index in [-0.39, 0.29) is 0 Å². The van der Waals surface area contributed by atoms with Crippen LogP contribution in [0, 0.1) is 0 Å². The summed E-state index contributed by atoms with van der Waals surface area (Å²) in [5.41, 5.74) is 4.73. The third kappa shape index (κ3) is 1.14. The van der Waals surface area contributed by atoms with Crippen LogP contribution in [0.4, 0.5) is 0 Å². The number of H-pyrrole nitrogens is 2. The van der Waals surface area contributed by atoms with Gasteiger partial charge in [0.15, 0.2) is 0 Å². The zero-order valence-corrected chi connectivity index (χ0v) is 10.8. The SMILES string of the molecule is c1ccc2c(c1)[nH]c1cccc3[nH]c4cccc2c4c13. The van der Waals surface area contributed by atoms with Crippen molar-refractivity contribution in [3.63, 3.8) is 0 Å². The normalized spacial score (nSPS) is 12.0. The van der Waals surface area contributed by atoms with E-state index in [1.54, 1.807) is 0 Å². The predicted octanol–water partition coefficient (Wildman–Crippen LogP) is 4.96. The topological polar surface area (TPSA) is 31.6 Å². The van der Waals surface area contributed by atoms with E-state index in [1.807, 2.05) is 0 Å². The molecule has 0 unspecified atom stereocenters. The molecule has 0 radical (unpaired) electrons. The van der Waals surface area contributed by atoms with Crippen molar-refractivity contribution >= 4 is 43.6 Å². The molecule has 5 rings (SSSR count). The summed E-state index contributed by atoms with van der Waals surface area (Å²) in [5.74, 6) is 0. The van der Waals surface area contributed by atoms with E-state index in [4.69, 9.17) is 0 Å². The van der Waals surface area contributed by atoms with Gasteiger partial charge < -0.3 is 9.97 Å². The van der Waals surface area contributed by atoms with E-state index in [9.17, 15) is 0 Å². The Hall–Kier alpha value is -2.74. The molecule has 0 aliphatic rings. The maximum atomic E-state index is 3.58. The lowest BCUT2D eigenvalue weighted by Gasteiger charge is -1.97. The van der Waals surface area contributed by atoms with E-state index in [0.29, 0.717) is 0 Å². The van der Waals surface area contributed by atoms with Crippen molar-refractivity contribution in [2.45, 2.75) is 0 Å². The molecule has 2 heterocycles. The van der Waals surface area contributed by atoms with E-state index >= 15 is 0 Å². The van der Waals surface area contributed by atoms with E-state index in [2.05, 4.69) is 70.6 Å². The number of hydrogen-bond donors (Lipinski definition) is 2. The average Bonchev–Trinajstić information content (AvgIpc) is 2.79. The monoisotopic (exact) mass is 256 g/mol. The first-order valence-electron chi connectivity index (χ1n) is 6.82. The summed E-state index contributed by atoms with van der Waals surface area (Å²) in [7, 11) is 0. The fraction of sp³-hybridized carbons (Fsp3) is 0. The van der Waals surface area contributed by atoms with Crippen LogP contribution < -0.4 is 0 Å².